The van der Waals surface area contributed by atoms with E-state index in [4.69, 9.17) is 16.3 Å². The number of rotatable bonds is 5. The van der Waals surface area contributed by atoms with Crippen LogP contribution in [0, 0.1) is 0 Å². The van der Waals surface area contributed by atoms with Gasteiger partial charge in [0.1, 0.15) is 5.82 Å². The molecule has 1 aromatic heterocycles. The number of methoxy groups -OCH3 is 1. The van der Waals surface area contributed by atoms with Gasteiger partial charge in [0.25, 0.3) is 0 Å². The predicted octanol–water partition coefficient (Wildman–Crippen LogP) is 2.27. The van der Waals surface area contributed by atoms with Crippen molar-refractivity contribution in [2.24, 2.45) is 0 Å². The van der Waals surface area contributed by atoms with Gasteiger partial charge in [-0.25, -0.2) is 0 Å². The highest BCUT2D eigenvalue weighted by Gasteiger charge is 2.26. The molecule has 0 bridgehead atoms. The summed E-state index contributed by atoms with van der Waals surface area (Å²) in [7, 11) is 1.68. The minimum absolute atomic E-state index is 0.208. The molecule has 0 spiro atoms. The highest BCUT2D eigenvalue weighted by Crippen LogP contribution is 2.23. The second-order valence-electron chi connectivity index (χ2n) is 4.22. The summed E-state index contributed by atoms with van der Waals surface area (Å²) in [5, 5.41) is 8.42. The number of hydrogen-bond donors (Lipinski definition) is 0. The van der Waals surface area contributed by atoms with Crippen LogP contribution in [0.25, 0.3) is 0 Å². The molecule has 0 N–H and O–H groups in total. The van der Waals surface area contributed by atoms with E-state index in [-0.39, 0.29) is 5.54 Å². The molecule has 86 valence electrons. The van der Waals surface area contributed by atoms with Crippen molar-refractivity contribution in [1.29, 1.82) is 0 Å². The van der Waals surface area contributed by atoms with Crippen molar-refractivity contribution in [2.45, 2.75) is 39.2 Å². The lowest BCUT2D eigenvalue weighted by molar-refractivity contribution is 0.107. The molecule has 0 aliphatic heterocycles. The molecular weight excluding hydrogens is 214 g/mol. The number of hydrogen-bond acceptors (Lipinski definition) is 3. The highest BCUT2D eigenvalue weighted by atomic mass is 35.5. The third-order valence-electron chi connectivity index (χ3n) is 2.27. The molecule has 0 fully saturated rings. The molecule has 1 aromatic rings. The molecule has 0 radical (unpaired) electrons. The molecule has 4 nitrogen and oxygen atoms in total. The van der Waals surface area contributed by atoms with E-state index in [2.05, 4.69) is 31.0 Å². The van der Waals surface area contributed by atoms with Crippen LogP contribution in [0.5, 0.6) is 0 Å². The molecular formula is C10H18ClN3O. The van der Waals surface area contributed by atoms with Gasteiger partial charge in [-0.3, -0.25) is 4.57 Å². The fourth-order valence-corrected chi connectivity index (χ4v) is 2.06. The van der Waals surface area contributed by atoms with E-state index in [0.717, 1.165) is 18.7 Å². The van der Waals surface area contributed by atoms with Gasteiger partial charge in [0.05, 0.1) is 12.1 Å². The van der Waals surface area contributed by atoms with E-state index in [1.165, 1.54) is 0 Å². The largest absolute Gasteiger partial charge is 0.382 e. The second-order valence-corrected chi connectivity index (χ2v) is 4.55. The average Bonchev–Trinajstić information content (AvgIpc) is 2.48. The van der Waals surface area contributed by atoms with E-state index < -0.39 is 0 Å². The van der Waals surface area contributed by atoms with Crippen molar-refractivity contribution in [3.63, 3.8) is 0 Å². The molecule has 0 aliphatic carbocycles. The van der Waals surface area contributed by atoms with Crippen LogP contribution in [-0.2, 0) is 16.7 Å². The molecule has 0 unspecified atom stereocenters. The van der Waals surface area contributed by atoms with Crippen LogP contribution in [0.2, 0.25) is 5.28 Å². The fourth-order valence-electron chi connectivity index (χ4n) is 1.70. The summed E-state index contributed by atoms with van der Waals surface area (Å²) < 4.78 is 7.13. The van der Waals surface area contributed by atoms with E-state index in [0.29, 0.717) is 11.9 Å². The monoisotopic (exact) mass is 231 g/mol. The Morgan fingerprint density at radius 1 is 1.40 bits per heavy atom. The first kappa shape index (κ1) is 12.5. The predicted molar refractivity (Wildman–Crippen MR) is 60.2 cm³/mol. The lowest BCUT2D eigenvalue weighted by Gasteiger charge is -2.27. The summed E-state index contributed by atoms with van der Waals surface area (Å²) in [5.41, 5.74) is -0.208. The maximum absolute atomic E-state index is 6.03. The Bertz CT molecular complexity index is 322. The Labute approximate surface area is 95.6 Å². The van der Waals surface area contributed by atoms with E-state index in [9.17, 15) is 0 Å². The Morgan fingerprint density at radius 2 is 2.07 bits per heavy atom. The van der Waals surface area contributed by atoms with Gasteiger partial charge in [-0.15, -0.1) is 10.2 Å². The molecule has 1 rings (SSSR count). The van der Waals surface area contributed by atoms with Gasteiger partial charge < -0.3 is 4.74 Å². The molecule has 0 aromatic carbocycles. The fraction of sp³-hybridized carbons (Fsp3) is 0.800. The first-order valence-corrected chi connectivity index (χ1v) is 5.50. The van der Waals surface area contributed by atoms with E-state index >= 15 is 0 Å². The van der Waals surface area contributed by atoms with E-state index in [1.54, 1.807) is 7.11 Å². The van der Waals surface area contributed by atoms with Crippen molar-refractivity contribution in [3.8, 4) is 0 Å². The molecule has 0 saturated heterocycles. The number of ether oxygens (including phenoxy) is 1. The third-order valence-corrected chi connectivity index (χ3v) is 2.51. The standard InChI is InChI=1S/C10H18ClN3O/c1-5-6-8-12-13-9(11)14(8)10(2,3)7-15-4/h5-7H2,1-4H3. The second kappa shape index (κ2) is 4.94. The summed E-state index contributed by atoms with van der Waals surface area (Å²) in [6.07, 6.45) is 1.91. The first-order valence-electron chi connectivity index (χ1n) is 5.12. The summed E-state index contributed by atoms with van der Waals surface area (Å²) in [5.74, 6) is 0.921. The summed E-state index contributed by atoms with van der Waals surface area (Å²) in [4.78, 5) is 0. The van der Waals surface area contributed by atoms with Crippen LogP contribution in [0.1, 0.15) is 33.0 Å². The minimum Gasteiger partial charge on any atom is -0.382 e. The molecule has 0 amide bonds. The molecule has 0 aliphatic rings. The lowest BCUT2D eigenvalue weighted by atomic mass is 10.1. The number of aryl methyl sites for hydroxylation is 1. The summed E-state index contributed by atoms with van der Waals surface area (Å²) >= 11 is 6.03. The van der Waals surface area contributed by atoms with Crippen LogP contribution < -0.4 is 0 Å². The van der Waals surface area contributed by atoms with Crippen molar-refractivity contribution in [1.82, 2.24) is 14.8 Å². The van der Waals surface area contributed by atoms with Crippen molar-refractivity contribution < 1.29 is 4.74 Å². The summed E-state index contributed by atoms with van der Waals surface area (Å²) in [6, 6.07) is 0. The van der Waals surface area contributed by atoms with Crippen molar-refractivity contribution >= 4 is 11.6 Å². The van der Waals surface area contributed by atoms with Gasteiger partial charge in [0.15, 0.2) is 0 Å². The number of nitrogens with zero attached hydrogens (tertiary/aromatic N) is 3. The number of halogens is 1. The van der Waals surface area contributed by atoms with Gasteiger partial charge in [0, 0.05) is 13.5 Å². The quantitative estimate of drug-likeness (QED) is 0.781. The average molecular weight is 232 g/mol. The van der Waals surface area contributed by atoms with Crippen LogP contribution in [-0.4, -0.2) is 28.5 Å². The Morgan fingerprint density at radius 3 is 2.60 bits per heavy atom. The Hall–Kier alpha value is -0.610. The van der Waals surface area contributed by atoms with Crippen LogP contribution in [0.4, 0.5) is 0 Å². The molecule has 5 heteroatoms. The third kappa shape index (κ3) is 2.69. The normalized spacial score (nSPS) is 12.1. The SMILES string of the molecule is CCCc1nnc(Cl)n1C(C)(C)COC. The molecule has 0 saturated carbocycles. The minimum atomic E-state index is -0.208. The Kier molecular flexibility index (Phi) is 4.11. The smallest absolute Gasteiger partial charge is 0.225 e. The van der Waals surface area contributed by atoms with Crippen molar-refractivity contribution in [3.05, 3.63) is 11.1 Å². The van der Waals surface area contributed by atoms with Crippen LogP contribution in [0.15, 0.2) is 0 Å². The topological polar surface area (TPSA) is 39.9 Å². The Balaban J connectivity index is 3.04. The van der Waals surface area contributed by atoms with Gasteiger partial charge in [-0.1, -0.05) is 6.92 Å². The maximum atomic E-state index is 6.03. The number of aromatic nitrogens is 3. The molecule has 0 atom stereocenters. The zero-order chi connectivity index (χ0) is 11.5. The lowest BCUT2D eigenvalue weighted by Crippen LogP contribution is -2.33. The van der Waals surface area contributed by atoms with Gasteiger partial charge in [0.2, 0.25) is 5.28 Å². The highest BCUT2D eigenvalue weighted by molar-refractivity contribution is 6.28. The van der Waals surface area contributed by atoms with Crippen molar-refractivity contribution in [2.75, 3.05) is 13.7 Å². The molecule has 15 heavy (non-hydrogen) atoms. The van der Waals surface area contributed by atoms with Crippen LogP contribution >= 0.6 is 11.6 Å². The zero-order valence-electron chi connectivity index (χ0n) is 9.75. The zero-order valence-corrected chi connectivity index (χ0v) is 10.5. The maximum Gasteiger partial charge on any atom is 0.225 e. The van der Waals surface area contributed by atoms with E-state index in [1.807, 2.05) is 4.57 Å². The van der Waals surface area contributed by atoms with Gasteiger partial charge >= 0.3 is 0 Å². The first-order chi connectivity index (χ1) is 7.03. The van der Waals surface area contributed by atoms with Gasteiger partial charge in [-0.2, -0.15) is 0 Å². The molecule has 1 heterocycles. The summed E-state index contributed by atoms with van der Waals surface area (Å²) in [6.45, 7) is 6.81. The van der Waals surface area contributed by atoms with Gasteiger partial charge in [-0.05, 0) is 31.9 Å². The van der Waals surface area contributed by atoms with Crippen LogP contribution in [0.3, 0.4) is 0 Å².